The van der Waals surface area contributed by atoms with E-state index in [1.165, 1.54) is 0 Å². The molecule has 0 aromatic carbocycles. The molecule has 1 fully saturated rings. The molecule has 16 heavy (non-hydrogen) atoms. The molecular weight excluding hydrogens is 208 g/mol. The maximum atomic E-state index is 10.7. The minimum atomic E-state index is -0.356. The first-order chi connectivity index (χ1) is 7.72. The summed E-state index contributed by atoms with van der Waals surface area (Å²) in [4.78, 5) is 12.6. The van der Waals surface area contributed by atoms with Gasteiger partial charge in [0, 0.05) is 6.54 Å². The highest BCUT2D eigenvalue weighted by molar-refractivity contribution is 5.25. The van der Waals surface area contributed by atoms with E-state index in [0.29, 0.717) is 13.0 Å². The Hall–Kier alpha value is -1.36. The monoisotopic (exact) mass is 224 g/mol. The van der Waals surface area contributed by atoms with Gasteiger partial charge >= 0.3 is 0 Å². The maximum absolute atomic E-state index is 10.7. The van der Waals surface area contributed by atoms with E-state index >= 15 is 0 Å². The molecule has 0 radical (unpaired) electrons. The van der Waals surface area contributed by atoms with Crippen LogP contribution in [0.4, 0.5) is 0 Å². The molecule has 1 aliphatic heterocycles. The van der Waals surface area contributed by atoms with Gasteiger partial charge in [-0.2, -0.15) is 0 Å². The van der Waals surface area contributed by atoms with E-state index in [0.717, 1.165) is 25.3 Å². The van der Waals surface area contributed by atoms with E-state index in [2.05, 4.69) is 11.8 Å². The second-order valence-corrected chi connectivity index (χ2v) is 4.07. The third kappa shape index (κ3) is 2.09. The van der Waals surface area contributed by atoms with Crippen molar-refractivity contribution in [3.8, 4) is 0 Å². The molecule has 0 spiro atoms. The van der Waals surface area contributed by atoms with Crippen molar-refractivity contribution in [2.45, 2.75) is 25.8 Å². The van der Waals surface area contributed by atoms with Crippen LogP contribution in [0.25, 0.3) is 0 Å². The number of allylic oxidation sites excluding steroid dienone is 1. The highest BCUT2D eigenvalue weighted by atomic mass is 16.6. The lowest BCUT2D eigenvalue weighted by Crippen LogP contribution is -2.45. The topological polar surface area (TPSA) is 55.6 Å². The van der Waals surface area contributed by atoms with Gasteiger partial charge in [0.25, 0.3) is 5.70 Å². The van der Waals surface area contributed by atoms with Crippen molar-refractivity contribution in [2.75, 3.05) is 19.7 Å². The number of hydrogen-bond acceptors (Lipinski definition) is 4. The van der Waals surface area contributed by atoms with Crippen LogP contribution in [0.15, 0.2) is 23.6 Å². The minimum absolute atomic E-state index is 0.157. The van der Waals surface area contributed by atoms with E-state index < -0.39 is 0 Å². The Morgan fingerprint density at radius 3 is 3.19 bits per heavy atom. The Morgan fingerprint density at radius 1 is 1.69 bits per heavy atom. The number of nitrogens with zero attached hydrogens (tertiary/aromatic N) is 2. The van der Waals surface area contributed by atoms with Crippen molar-refractivity contribution >= 4 is 0 Å². The molecule has 0 bridgehead atoms. The van der Waals surface area contributed by atoms with Gasteiger partial charge in [-0.15, -0.1) is 0 Å². The Kier molecular flexibility index (Phi) is 3.24. The van der Waals surface area contributed by atoms with Gasteiger partial charge in [0.1, 0.15) is 12.4 Å². The van der Waals surface area contributed by atoms with E-state index in [9.17, 15) is 10.1 Å². The first-order valence-corrected chi connectivity index (χ1v) is 5.65. The summed E-state index contributed by atoms with van der Waals surface area (Å²) in [5, 5.41) is 10.7. The van der Waals surface area contributed by atoms with Crippen LogP contribution < -0.4 is 0 Å². The highest BCUT2D eigenvalue weighted by Gasteiger charge is 2.31. The van der Waals surface area contributed by atoms with Gasteiger partial charge in [-0.25, -0.2) is 0 Å². The third-order valence-corrected chi connectivity index (χ3v) is 2.98. The van der Waals surface area contributed by atoms with Crippen molar-refractivity contribution in [3.05, 3.63) is 33.7 Å². The van der Waals surface area contributed by atoms with Gasteiger partial charge in [-0.1, -0.05) is 6.92 Å². The van der Waals surface area contributed by atoms with Crippen molar-refractivity contribution in [3.63, 3.8) is 0 Å². The van der Waals surface area contributed by atoms with Crippen LogP contribution in [0.1, 0.15) is 19.8 Å². The molecule has 0 saturated carbocycles. The van der Waals surface area contributed by atoms with E-state index in [4.69, 9.17) is 4.74 Å². The number of fused-ring (bicyclic) bond motifs is 1. The summed E-state index contributed by atoms with van der Waals surface area (Å²) in [7, 11) is 0. The van der Waals surface area contributed by atoms with Gasteiger partial charge in [0.2, 0.25) is 0 Å². The maximum Gasteiger partial charge on any atom is 0.268 e. The molecule has 0 amide bonds. The van der Waals surface area contributed by atoms with Crippen LogP contribution >= 0.6 is 0 Å². The SMILES string of the molecule is CCCN1CCOC2=CC([N+](=O)[O-])=CCC21. The van der Waals surface area contributed by atoms with Gasteiger partial charge in [-0.3, -0.25) is 15.0 Å². The minimum Gasteiger partial charge on any atom is -0.495 e. The molecule has 88 valence electrons. The molecule has 1 saturated heterocycles. The van der Waals surface area contributed by atoms with Crippen LogP contribution in [-0.4, -0.2) is 35.6 Å². The fraction of sp³-hybridized carbons (Fsp3) is 0.636. The second-order valence-electron chi connectivity index (χ2n) is 4.07. The highest BCUT2D eigenvalue weighted by Crippen LogP contribution is 2.27. The lowest BCUT2D eigenvalue weighted by atomic mass is 10.0. The number of ether oxygens (including phenoxy) is 1. The Balaban J connectivity index is 2.13. The Bertz CT molecular complexity index is 347. The van der Waals surface area contributed by atoms with Crippen LogP contribution in [-0.2, 0) is 4.74 Å². The predicted molar refractivity (Wildman–Crippen MR) is 59.4 cm³/mol. The van der Waals surface area contributed by atoms with Crippen LogP contribution in [0.5, 0.6) is 0 Å². The molecule has 1 aliphatic carbocycles. The normalized spacial score (nSPS) is 25.2. The van der Waals surface area contributed by atoms with Crippen LogP contribution in [0.3, 0.4) is 0 Å². The summed E-state index contributed by atoms with van der Waals surface area (Å²) in [6.07, 6.45) is 5.03. The summed E-state index contributed by atoms with van der Waals surface area (Å²) in [6.45, 7) is 4.71. The number of morpholine rings is 1. The molecule has 0 aromatic heterocycles. The molecule has 1 atom stereocenters. The van der Waals surface area contributed by atoms with Crippen LogP contribution in [0, 0.1) is 10.1 Å². The van der Waals surface area contributed by atoms with Gasteiger partial charge in [0.15, 0.2) is 0 Å². The zero-order valence-electron chi connectivity index (χ0n) is 9.39. The van der Waals surface area contributed by atoms with E-state index in [1.54, 1.807) is 12.2 Å². The zero-order valence-corrected chi connectivity index (χ0v) is 9.39. The lowest BCUT2D eigenvalue weighted by Gasteiger charge is -2.37. The number of nitro groups is 1. The van der Waals surface area contributed by atoms with Crippen LogP contribution in [0.2, 0.25) is 0 Å². The van der Waals surface area contributed by atoms with Gasteiger partial charge < -0.3 is 4.74 Å². The molecule has 1 unspecified atom stereocenters. The van der Waals surface area contributed by atoms with E-state index in [-0.39, 0.29) is 16.7 Å². The summed E-state index contributed by atoms with van der Waals surface area (Å²) >= 11 is 0. The summed E-state index contributed by atoms with van der Waals surface area (Å²) in [5.41, 5.74) is 0.157. The fourth-order valence-electron chi connectivity index (χ4n) is 2.23. The van der Waals surface area contributed by atoms with Crippen molar-refractivity contribution in [1.82, 2.24) is 4.90 Å². The molecule has 5 nitrogen and oxygen atoms in total. The summed E-state index contributed by atoms with van der Waals surface area (Å²) < 4.78 is 5.51. The Labute approximate surface area is 94.5 Å². The van der Waals surface area contributed by atoms with E-state index in [1.807, 2.05) is 0 Å². The largest absolute Gasteiger partial charge is 0.495 e. The molecular formula is C11H16N2O3. The second kappa shape index (κ2) is 4.65. The summed E-state index contributed by atoms with van der Waals surface area (Å²) in [5.74, 6) is 0.758. The first-order valence-electron chi connectivity index (χ1n) is 5.65. The standard InChI is InChI=1S/C11H16N2O3/c1-2-5-12-6-7-16-11-8-9(13(14)15)3-4-10(11)12/h3,8,10H,2,4-7H2,1H3. The molecule has 0 N–H and O–H groups in total. The van der Waals surface area contributed by atoms with Gasteiger partial charge in [-0.05, 0) is 25.5 Å². The predicted octanol–water partition coefficient (Wildman–Crippen LogP) is 1.55. The molecule has 2 aliphatic rings. The fourth-order valence-corrected chi connectivity index (χ4v) is 2.23. The average molecular weight is 224 g/mol. The molecule has 5 heteroatoms. The molecule has 0 aromatic rings. The molecule has 1 heterocycles. The third-order valence-electron chi connectivity index (χ3n) is 2.98. The van der Waals surface area contributed by atoms with Crippen molar-refractivity contribution in [1.29, 1.82) is 0 Å². The lowest BCUT2D eigenvalue weighted by molar-refractivity contribution is -0.420. The van der Waals surface area contributed by atoms with Crippen molar-refractivity contribution in [2.24, 2.45) is 0 Å². The summed E-state index contributed by atoms with van der Waals surface area (Å²) in [6, 6.07) is 0.206. The zero-order chi connectivity index (χ0) is 11.5. The number of rotatable bonds is 3. The first kappa shape index (κ1) is 11.1. The smallest absolute Gasteiger partial charge is 0.268 e. The van der Waals surface area contributed by atoms with Gasteiger partial charge in [0.05, 0.1) is 17.0 Å². The van der Waals surface area contributed by atoms with Crippen molar-refractivity contribution < 1.29 is 9.66 Å². The molecule has 2 rings (SSSR count). The average Bonchev–Trinajstić information content (AvgIpc) is 2.29. The number of hydrogen-bond donors (Lipinski definition) is 0. The quantitative estimate of drug-likeness (QED) is 0.539. The Morgan fingerprint density at radius 2 is 2.50 bits per heavy atom.